The molecule has 2 rings (SSSR count). The van der Waals surface area contributed by atoms with Crippen LogP contribution in [0, 0.1) is 5.82 Å². The number of nitrogens with zero attached hydrogens (tertiary/aromatic N) is 2. The number of methoxy groups -OCH3 is 1. The summed E-state index contributed by atoms with van der Waals surface area (Å²) in [6, 6.07) is 5.67. The van der Waals surface area contributed by atoms with Crippen molar-refractivity contribution < 1.29 is 9.13 Å². The van der Waals surface area contributed by atoms with Crippen molar-refractivity contribution in [3.05, 3.63) is 35.2 Å². The van der Waals surface area contributed by atoms with Crippen molar-refractivity contribution in [1.82, 2.24) is 9.97 Å². The normalized spacial score (nSPS) is 10.2. The maximum Gasteiger partial charge on any atom is 0.223 e. The van der Waals surface area contributed by atoms with Gasteiger partial charge in [-0.25, -0.2) is 9.37 Å². The van der Waals surface area contributed by atoms with Gasteiger partial charge in [-0.15, -0.1) is 0 Å². The summed E-state index contributed by atoms with van der Waals surface area (Å²) in [5.41, 5.74) is 5.93. The number of nitrogens with two attached hydrogens (primary N) is 1. The van der Waals surface area contributed by atoms with Crippen LogP contribution >= 0.6 is 11.6 Å². The molecule has 0 unspecified atom stereocenters. The molecule has 0 amide bonds. The van der Waals surface area contributed by atoms with Gasteiger partial charge in [0.05, 0.1) is 7.11 Å². The van der Waals surface area contributed by atoms with Crippen molar-refractivity contribution in [3.63, 3.8) is 0 Å². The second kappa shape index (κ2) is 5.05. The lowest BCUT2D eigenvalue weighted by Gasteiger charge is -2.08. The van der Waals surface area contributed by atoms with Crippen LogP contribution < -0.4 is 15.8 Å². The molecule has 3 N–H and O–H groups in total. The highest BCUT2D eigenvalue weighted by molar-refractivity contribution is 6.29. The van der Waals surface area contributed by atoms with Crippen LogP contribution in [0.15, 0.2) is 24.3 Å². The third kappa shape index (κ3) is 2.98. The summed E-state index contributed by atoms with van der Waals surface area (Å²) in [7, 11) is 1.46. The highest BCUT2D eigenvalue weighted by atomic mass is 35.5. The molecule has 5 nitrogen and oxygen atoms in total. The van der Waals surface area contributed by atoms with Crippen LogP contribution in [0.1, 0.15) is 0 Å². The third-order valence-electron chi connectivity index (χ3n) is 2.09. The molecule has 0 radical (unpaired) electrons. The second-order valence-electron chi connectivity index (χ2n) is 3.44. The van der Waals surface area contributed by atoms with E-state index < -0.39 is 5.82 Å². The smallest absolute Gasteiger partial charge is 0.223 e. The molecule has 2 aromatic rings. The third-order valence-corrected chi connectivity index (χ3v) is 2.29. The van der Waals surface area contributed by atoms with E-state index in [1.807, 2.05) is 0 Å². The van der Waals surface area contributed by atoms with Crippen molar-refractivity contribution in [2.45, 2.75) is 0 Å². The quantitative estimate of drug-likeness (QED) is 0.837. The van der Waals surface area contributed by atoms with Crippen molar-refractivity contribution in [3.8, 4) is 5.75 Å². The fourth-order valence-corrected chi connectivity index (χ4v) is 1.59. The molecule has 18 heavy (non-hydrogen) atoms. The number of halogens is 2. The zero-order chi connectivity index (χ0) is 13.1. The number of rotatable bonds is 3. The molecule has 94 valence electrons. The van der Waals surface area contributed by atoms with Gasteiger partial charge in [0.15, 0.2) is 0 Å². The van der Waals surface area contributed by atoms with Crippen LogP contribution in [0.2, 0.25) is 5.15 Å². The van der Waals surface area contributed by atoms with E-state index in [4.69, 9.17) is 22.1 Å². The average molecular weight is 269 g/mol. The Balaban J connectivity index is 2.30. The Bertz CT molecular complexity index is 559. The molecular formula is C11H10ClFN4O. The minimum atomic E-state index is -0.426. The lowest BCUT2D eigenvalue weighted by molar-refractivity contribution is 0.411. The average Bonchev–Trinajstić information content (AvgIpc) is 2.26. The van der Waals surface area contributed by atoms with Gasteiger partial charge < -0.3 is 15.8 Å². The maximum atomic E-state index is 13.3. The SMILES string of the molecule is COc1cc(F)cc(Nc2cc(Cl)nc(N)n2)c1. The van der Waals surface area contributed by atoms with Crippen LogP contribution in [0.3, 0.4) is 0 Å². The van der Waals surface area contributed by atoms with E-state index in [2.05, 4.69) is 15.3 Å². The summed E-state index contributed by atoms with van der Waals surface area (Å²) >= 11 is 5.74. The monoisotopic (exact) mass is 268 g/mol. The van der Waals surface area contributed by atoms with E-state index in [1.54, 1.807) is 6.07 Å². The summed E-state index contributed by atoms with van der Waals surface area (Å²) in [4.78, 5) is 7.64. The Morgan fingerprint density at radius 2 is 2.06 bits per heavy atom. The number of nitrogens with one attached hydrogen (secondary N) is 1. The number of hydrogen-bond acceptors (Lipinski definition) is 5. The molecule has 0 saturated carbocycles. The number of ether oxygens (including phenoxy) is 1. The minimum Gasteiger partial charge on any atom is -0.497 e. The second-order valence-corrected chi connectivity index (χ2v) is 3.83. The minimum absolute atomic E-state index is 0.0355. The van der Waals surface area contributed by atoms with E-state index in [9.17, 15) is 4.39 Å². The molecule has 0 atom stereocenters. The van der Waals surface area contributed by atoms with Gasteiger partial charge in [0.25, 0.3) is 0 Å². The Hall–Kier alpha value is -2.08. The van der Waals surface area contributed by atoms with E-state index in [-0.39, 0.29) is 11.1 Å². The maximum absolute atomic E-state index is 13.3. The largest absolute Gasteiger partial charge is 0.497 e. The molecule has 0 spiro atoms. The Morgan fingerprint density at radius 1 is 1.28 bits per heavy atom. The van der Waals surface area contributed by atoms with Gasteiger partial charge >= 0.3 is 0 Å². The predicted molar refractivity (Wildman–Crippen MR) is 67.7 cm³/mol. The first-order valence-corrected chi connectivity index (χ1v) is 5.36. The summed E-state index contributed by atoms with van der Waals surface area (Å²) in [5, 5.41) is 3.07. The van der Waals surface area contributed by atoms with Crippen molar-refractivity contribution in [2.24, 2.45) is 0 Å². The first-order valence-electron chi connectivity index (χ1n) is 4.98. The van der Waals surface area contributed by atoms with Crippen molar-refractivity contribution in [2.75, 3.05) is 18.2 Å². The predicted octanol–water partition coefficient (Wildman–Crippen LogP) is 2.60. The molecule has 0 aliphatic rings. The van der Waals surface area contributed by atoms with Gasteiger partial charge in [-0.3, -0.25) is 0 Å². The van der Waals surface area contributed by atoms with Crippen molar-refractivity contribution >= 4 is 29.1 Å². The van der Waals surface area contributed by atoms with Crippen LogP contribution in [-0.4, -0.2) is 17.1 Å². The fraction of sp³-hybridized carbons (Fsp3) is 0.0909. The van der Waals surface area contributed by atoms with E-state index >= 15 is 0 Å². The Morgan fingerprint density at radius 3 is 2.72 bits per heavy atom. The van der Waals surface area contributed by atoms with E-state index in [0.29, 0.717) is 17.3 Å². The first kappa shape index (κ1) is 12.4. The highest BCUT2D eigenvalue weighted by Gasteiger charge is 2.04. The molecule has 0 bridgehead atoms. The van der Waals surface area contributed by atoms with E-state index in [1.165, 1.54) is 25.3 Å². The Labute approximate surface area is 108 Å². The standard InChI is InChI=1S/C11H10ClFN4O/c1-18-8-3-6(13)2-7(4-8)15-10-5-9(12)16-11(14)17-10/h2-5H,1H3,(H3,14,15,16,17). The van der Waals surface area contributed by atoms with Gasteiger partial charge in [0.1, 0.15) is 22.5 Å². The number of benzene rings is 1. The molecule has 0 fully saturated rings. The van der Waals surface area contributed by atoms with Gasteiger partial charge in [-0.05, 0) is 6.07 Å². The molecule has 0 aliphatic heterocycles. The molecule has 1 heterocycles. The fourth-order valence-electron chi connectivity index (χ4n) is 1.40. The lowest BCUT2D eigenvalue weighted by Crippen LogP contribution is -2.00. The number of hydrogen-bond donors (Lipinski definition) is 2. The van der Waals surface area contributed by atoms with Gasteiger partial charge in [-0.1, -0.05) is 11.6 Å². The molecular weight excluding hydrogens is 259 g/mol. The van der Waals surface area contributed by atoms with Crippen LogP contribution in [-0.2, 0) is 0 Å². The molecule has 1 aromatic carbocycles. The van der Waals surface area contributed by atoms with Gasteiger partial charge in [0, 0.05) is 23.9 Å². The van der Waals surface area contributed by atoms with Gasteiger partial charge in [-0.2, -0.15) is 4.98 Å². The topological polar surface area (TPSA) is 73.1 Å². The van der Waals surface area contributed by atoms with Gasteiger partial charge in [0.2, 0.25) is 5.95 Å². The van der Waals surface area contributed by atoms with E-state index in [0.717, 1.165) is 0 Å². The van der Waals surface area contributed by atoms with Crippen LogP contribution in [0.5, 0.6) is 5.75 Å². The number of aromatic nitrogens is 2. The highest BCUT2D eigenvalue weighted by Crippen LogP contribution is 2.23. The summed E-state index contributed by atoms with van der Waals surface area (Å²) < 4.78 is 18.2. The first-order chi connectivity index (χ1) is 8.56. The van der Waals surface area contributed by atoms with Crippen LogP contribution in [0.25, 0.3) is 0 Å². The molecule has 0 aliphatic carbocycles. The number of nitrogen functional groups attached to an aromatic ring is 1. The van der Waals surface area contributed by atoms with Crippen LogP contribution in [0.4, 0.5) is 21.8 Å². The van der Waals surface area contributed by atoms with Crippen molar-refractivity contribution in [1.29, 1.82) is 0 Å². The Kier molecular flexibility index (Phi) is 3.47. The molecule has 7 heteroatoms. The zero-order valence-electron chi connectivity index (χ0n) is 9.45. The summed E-state index contributed by atoms with van der Waals surface area (Å²) in [5.74, 6) is 0.379. The zero-order valence-corrected chi connectivity index (χ0v) is 10.2. The molecule has 0 saturated heterocycles. The molecule has 1 aromatic heterocycles. The number of anilines is 3. The lowest BCUT2D eigenvalue weighted by atomic mass is 10.3. The summed E-state index contributed by atoms with van der Waals surface area (Å²) in [6.07, 6.45) is 0. The summed E-state index contributed by atoms with van der Waals surface area (Å²) in [6.45, 7) is 0.